The lowest BCUT2D eigenvalue weighted by Gasteiger charge is -2.23. The third-order valence-corrected chi connectivity index (χ3v) is 3.26. The summed E-state index contributed by atoms with van der Waals surface area (Å²) in [6.45, 7) is 12.1. The van der Waals surface area contributed by atoms with E-state index in [1.807, 2.05) is 52.8 Å². The third-order valence-electron chi connectivity index (χ3n) is 3.26. The smallest absolute Gasteiger partial charge is 0.418 e. The van der Waals surface area contributed by atoms with Crippen LogP contribution < -0.4 is 4.74 Å². The van der Waals surface area contributed by atoms with E-state index in [1.54, 1.807) is 11.5 Å². The van der Waals surface area contributed by atoms with Crippen LogP contribution in [0.4, 0.5) is 4.79 Å². The highest BCUT2D eigenvalue weighted by Gasteiger charge is 2.19. The van der Waals surface area contributed by atoms with Crippen molar-refractivity contribution in [2.24, 2.45) is 0 Å². The molecule has 0 unspecified atom stereocenters. The fourth-order valence-electron chi connectivity index (χ4n) is 2.41. The van der Waals surface area contributed by atoms with Crippen molar-refractivity contribution in [1.82, 2.24) is 4.57 Å². The van der Waals surface area contributed by atoms with Gasteiger partial charge in [0.25, 0.3) is 0 Å². The van der Waals surface area contributed by atoms with Gasteiger partial charge in [-0.05, 0) is 59.7 Å². The van der Waals surface area contributed by atoms with Crippen molar-refractivity contribution in [3.8, 4) is 5.75 Å². The van der Waals surface area contributed by atoms with Crippen molar-refractivity contribution >= 4 is 17.0 Å². The van der Waals surface area contributed by atoms with E-state index in [0.717, 1.165) is 27.9 Å². The lowest BCUT2D eigenvalue weighted by Crippen LogP contribution is -2.23. The van der Waals surface area contributed by atoms with Crippen molar-refractivity contribution in [3.63, 3.8) is 0 Å². The number of aromatic nitrogens is 1. The predicted molar refractivity (Wildman–Crippen MR) is 84.2 cm³/mol. The van der Waals surface area contributed by atoms with Crippen LogP contribution >= 0.6 is 0 Å². The number of nitrogens with zero attached hydrogens (tertiary/aromatic N) is 1. The molecule has 4 nitrogen and oxygen atoms in total. The molecule has 114 valence electrons. The molecule has 0 amide bonds. The minimum atomic E-state index is -0.339. The summed E-state index contributed by atoms with van der Waals surface area (Å²) in [6, 6.07) is 5.82. The zero-order valence-electron chi connectivity index (χ0n) is 13.6. The molecule has 0 bridgehead atoms. The highest BCUT2D eigenvalue weighted by molar-refractivity contribution is 5.93. The Bertz CT molecular complexity index is 677. The Balaban J connectivity index is 2.56. The first-order valence-electron chi connectivity index (χ1n) is 7.22. The first kappa shape index (κ1) is 15.4. The molecule has 2 aromatic rings. The molecule has 21 heavy (non-hydrogen) atoms. The number of hydrogen-bond donors (Lipinski definition) is 0. The van der Waals surface area contributed by atoms with E-state index >= 15 is 0 Å². The Kier molecular flexibility index (Phi) is 3.99. The second-order valence-electron chi connectivity index (χ2n) is 6.16. The second kappa shape index (κ2) is 5.43. The van der Waals surface area contributed by atoms with Crippen molar-refractivity contribution in [2.75, 3.05) is 6.61 Å². The number of fused-ring (bicyclic) bond motifs is 1. The molecule has 2 rings (SSSR count). The molecule has 0 radical (unpaired) electrons. The van der Waals surface area contributed by atoms with Gasteiger partial charge in [-0.3, -0.25) is 0 Å². The largest absolute Gasteiger partial charge is 0.488 e. The van der Waals surface area contributed by atoms with E-state index in [0.29, 0.717) is 6.61 Å². The van der Waals surface area contributed by atoms with E-state index < -0.39 is 0 Å². The molecule has 1 heterocycles. The highest BCUT2D eigenvalue weighted by Crippen LogP contribution is 2.31. The number of benzene rings is 1. The molecule has 1 aromatic carbocycles. The van der Waals surface area contributed by atoms with Gasteiger partial charge in [0, 0.05) is 16.6 Å². The van der Waals surface area contributed by atoms with Gasteiger partial charge in [-0.15, -0.1) is 0 Å². The Morgan fingerprint density at radius 2 is 1.90 bits per heavy atom. The highest BCUT2D eigenvalue weighted by atomic mass is 16.5. The van der Waals surface area contributed by atoms with E-state index in [-0.39, 0.29) is 11.7 Å². The van der Waals surface area contributed by atoms with Gasteiger partial charge >= 0.3 is 6.09 Å². The molecular formula is C17H23NO3. The molecule has 4 heteroatoms. The van der Waals surface area contributed by atoms with Crippen molar-refractivity contribution in [3.05, 3.63) is 29.5 Å². The van der Waals surface area contributed by atoms with E-state index in [1.165, 1.54) is 0 Å². The van der Waals surface area contributed by atoms with Crippen LogP contribution in [0.5, 0.6) is 5.75 Å². The van der Waals surface area contributed by atoms with Gasteiger partial charge in [0.1, 0.15) is 11.4 Å². The second-order valence-corrected chi connectivity index (χ2v) is 6.16. The number of rotatable bonds is 2. The van der Waals surface area contributed by atoms with Crippen molar-refractivity contribution in [2.45, 2.75) is 47.1 Å². The van der Waals surface area contributed by atoms with E-state index in [9.17, 15) is 4.79 Å². The molecule has 1 aromatic heterocycles. The van der Waals surface area contributed by atoms with Crippen LogP contribution in [0.1, 0.15) is 39.0 Å². The molecule has 0 saturated heterocycles. The minimum absolute atomic E-state index is 0.253. The van der Waals surface area contributed by atoms with Crippen LogP contribution in [-0.2, 0) is 4.74 Å². The van der Waals surface area contributed by atoms with Gasteiger partial charge in [0.2, 0.25) is 0 Å². The SMILES string of the molecule is CCOC(=O)n1c(C)cc2c(C)c(OC(C)(C)C)ccc21. The molecule has 0 atom stereocenters. The summed E-state index contributed by atoms with van der Waals surface area (Å²) in [5, 5.41) is 1.02. The molecule has 0 spiro atoms. The summed E-state index contributed by atoms with van der Waals surface area (Å²) in [5.74, 6) is 0.844. The summed E-state index contributed by atoms with van der Waals surface area (Å²) in [4.78, 5) is 12.1. The average Bonchev–Trinajstić information content (AvgIpc) is 2.69. The van der Waals surface area contributed by atoms with Crippen LogP contribution in [0.3, 0.4) is 0 Å². The number of ether oxygens (including phenoxy) is 2. The molecule has 0 fully saturated rings. The maximum absolute atomic E-state index is 12.1. The molecule has 0 aliphatic carbocycles. The molecule has 0 aliphatic heterocycles. The molecular weight excluding hydrogens is 266 g/mol. The van der Waals surface area contributed by atoms with Crippen LogP contribution in [0.15, 0.2) is 18.2 Å². The summed E-state index contributed by atoms with van der Waals surface area (Å²) < 4.78 is 12.7. The molecule has 0 N–H and O–H groups in total. The summed E-state index contributed by atoms with van der Waals surface area (Å²) in [7, 11) is 0. The minimum Gasteiger partial charge on any atom is -0.488 e. The standard InChI is InChI=1S/C17H23NO3/c1-7-20-16(19)18-11(2)10-13-12(3)15(9-8-14(13)18)21-17(4,5)6/h8-10H,7H2,1-6H3. The zero-order valence-corrected chi connectivity index (χ0v) is 13.6. The molecule has 0 saturated carbocycles. The number of carbonyl (C=O) groups is 1. The Hall–Kier alpha value is -1.97. The third kappa shape index (κ3) is 3.04. The monoisotopic (exact) mass is 289 g/mol. The van der Waals surface area contributed by atoms with Gasteiger partial charge in [0.15, 0.2) is 0 Å². The Morgan fingerprint density at radius 3 is 2.48 bits per heavy atom. The number of carbonyl (C=O) groups excluding carboxylic acids is 1. The molecule has 0 aliphatic rings. The maximum Gasteiger partial charge on any atom is 0.418 e. The van der Waals surface area contributed by atoms with Crippen molar-refractivity contribution < 1.29 is 14.3 Å². The quantitative estimate of drug-likeness (QED) is 0.820. The average molecular weight is 289 g/mol. The van der Waals surface area contributed by atoms with Gasteiger partial charge < -0.3 is 9.47 Å². The zero-order chi connectivity index (χ0) is 15.8. The van der Waals surface area contributed by atoms with Gasteiger partial charge in [-0.25, -0.2) is 9.36 Å². The van der Waals surface area contributed by atoms with Gasteiger partial charge in [-0.1, -0.05) is 0 Å². The van der Waals surface area contributed by atoms with Crippen LogP contribution in [0.25, 0.3) is 10.9 Å². The number of aryl methyl sites for hydroxylation is 2. The maximum atomic E-state index is 12.1. The van der Waals surface area contributed by atoms with Gasteiger partial charge in [0.05, 0.1) is 12.1 Å². The van der Waals surface area contributed by atoms with E-state index in [4.69, 9.17) is 9.47 Å². The van der Waals surface area contributed by atoms with Crippen LogP contribution in [-0.4, -0.2) is 22.9 Å². The first-order valence-corrected chi connectivity index (χ1v) is 7.22. The fourth-order valence-corrected chi connectivity index (χ4v) is 2.41. The lowest BCUT2D eigenvalue weighted by molar-refractivity contribution is 0.130. The Morgan fingerprint density at radius 1 is 1.24 bits per heavy atom. The predicted octanol–water partition coefficient (Wildman–Crippen LogP) is 4.44. The Labute approximate surface area is 125 Å². The lowest BCUT2D eigenvalue weighted by atomic mass is 10.1. The summed E-state index contributed by atoms with van der Waals surface area (Å²) in [6.07, 6.45) is -0.339. The van der Waals surface area contributed by atoms with Gasteiger partial charge in [-0.2, -0.15) is 0 Å². The fraction of sp³-hybridized carbons (Fsp3) is 0.471. The topological polar surface area (TPSA) is 40.5 Å². The summed E-state index contributed by atoms with van der Waals surface area (Å²) in [5.41, 5.74) is 2.50. The van der Waals surface area contributed by atoms with Crippen LogP contribution in [0, 0.1) is 13.8 Å². The first-order chi connectivity index (χ1) is 9.74. The number of hydrogen-bond acceptors (Lipinski definition) is 3. The normalized spacial score (nSPS) is 11.7. The van der Waals surface area contributed by atoms with Crippen LogP contribution in [0.2, 0.25) is 0 Å². The summed E-state index contributed by atoms with van der Waals surface area (Å²) >= 11 is 0. The van der Waals surface area contributed by atoms with Crippen molar-refractivity contribution in [1.29, 1.82) is 0 Å². The van der Waals surface area contributed by atoms with E-state index in [2.05, 4.69) is 0 Å².